The molecule has 0 aromatic carbocycles. The minimum atomic E-state index is -0.263. The highest BCUT2D eigenvalue weighted by Crippen LogP contribution is 2.36. The number of carbonyl (C=O) groups is 1. The standard InChI is InChI=1S/C21H25N3O3/c1-15-5-17(10-22-8-15)12-26-19-3-4-27-21(7-19)13-24(14-21)20(25)18-6-16(2)9-23-11-18/h5-6,8-11,19H,3-4,7,12-14H2,1-2H3. The van der Waals surface area contributed by atoms with E-state index >= 15 is 0 Å². The first-order valence-corrected chi connectivity index (χ1v) is 9.40. The molecule has 2 aliphatic rings. The van der Waals surface area contributed by atoms with Gasteiger partial charge in [0, 0.05) is 37.8 Å². The van der Waals surface area contributed by atoms with Gasteiger partial charge in [-0.15, -0.1) is 0 Å². The summed E-state index contributed by atoms with van der Waals surface area (Å²) < 4.78 is 12.2. The molecule has 0 bridgehead atoms. The molecule has 2 saturated heterocycles. The summed E-state index contributed by atoms with van der Waals surface area (Å²) in [6.45, 7) is 6.44. The van der Waals surface area contributed by atoms with Crippen molar-refractivity contribution in [3.63, 3.8) is 0 Å². The zero-order valence-electron chi connectivity index (χ0n) is 15.9. The van der Waals surface area contributed by atoms with Crippen LogP contribution in [-0.4, -0.2) is 52.2 Å². The molecule has 1 unspecified atom stereocenters. The number of ether oxygens (including phenoxy) is 2. The first-order valence-electron chi connectivity index (χ1n) is 9.40. The molecule has 2 aliphatic heterocycles. The highest BCUT2D eigenvalue weighted by atomic mass is 16.5. The Morgan fingerprint density at radius 3 is 2.67 bits per heavy atom. The summed E-state index contributed by atoms with van der Waals surface area (Å²) in [5, 5.41) is 0. The highest BCUT2D eigenvalue weighted by Gasteiger charge is 2.49. The number of aryl methyl sites for hydroxylation is 2. The fourth-order valence-corrected chi connectivity index (χ4v) is 3.90. The Morgan fingerprint density at radius 1 is 1.19 bits per heavy atom. The van der Waals surface area contributed by atoms with Crippen LogP contribution in [0, 0.1) is 13.8 Å². The molecule has 1 amide bonds. The van der Waals surface area contributed by atoms with E-state index in [1.807, 2.05) is 37.2 Å². The minimum absolute atomic E-state index is 0.0225. The molecule has 0 aliphatic carbocycles. The molecule has 4 heterocycles. The smallest absolute Gasteiger partial charge is 0.255 e. The second-order valence-electron chi connectivity index (χ2n) is 7.74. The van der Waals surface area contributed by atoms with E-state index in [2.05, 4.69) is 16.0 Å². The van der Waals surface area contributed by atoms with E-state index in [0.717, 1.165) is 29.5 Å². The number of hydrogen-bond acceptors (Lipinski definition) is 5. The predicted octanol–water partition coefficient (Wildman–Crippen LogP) is 2.68. The number of carbonyl (C=O) groups excluding carboxylic acids is 1. The molecular formula is C21H25N3O3. The molecule has 0 saturated carbocycles. The van der Waals surface area contributed by atoms with Gasteiger partial charge in [-0.05, 0) is 43.0 Å². The van der Waals surface area contributed by atoms with Crippen LogP contribution >= 0.6 is 0 Å². The number of hydrogen-bond donors (Lipinski definition) is 0. The molecule has 1 spiro atoms. The largest absolute Gasteiger partial charge is 0.373 e. The van der Waals surface area contributed by atoms with E-state index < -0.39 is 0 Å². The van der Waals surface area contributed by atoms with E-state index in [1.165, 1.54) is 0 Å². The highest BCUT2D eigenvalue weighted by molar-refractivity contribution is 5.94. The quantitative estimate of drug-likeness (QED) is 0.831. The van der Waals surface area contributed by atoms with Crippen molar-refractivity contribution in [1.29, 1.82) is 0 Å². The van der Waals surface area contributed by atoms with Gasteiger partial charge in [0.05, 0.1) is 31.4 Å². The van der Waals surface area contributed by atoms with E-state index in [0.29, 0.717) is 31.9 Å². The maximum atomic E-state index is 12.6. The minimum Gasteiger partial charge on any atom is -0.373 e. The molecule has 2 aromatic heterocycles. The topological polar surface area (TPSA) is 64.6 Å². The van der Waals surface area contributed by atoms with E-state index in [1.54, 1.807) is 12.4 Å². The predicted molar refractivity (Wildman–Crippen MR) is 100 cm³/mol. The Hall–Kier alpha value is -2.31. The van der Waals surface area contributed by atoms with Gasteiger partial charge in [0.15, 0.2) is 0 Å². The van der Waals surface area contributed by atoms with Crippen LogP contribution in [0.3, 0.4) is 0 Å². The van der Waals surface area contributed by atoms with E-state index in [9.17, 15) is 4.79 Å². The normalized spacial score (nSPS) is 21.1. The molecule has 6 heteroatoms. The second kappa shape index (κ2) is 7.37. The number of nitrogens with zero attached hydrogens (tertiary/aromatic N) is 3. The maximum absolute atomic E-state index is 12.6. The summed E-state index contributed by atoms with van der Waals surface area (Å²) in [5.74, 6) is 0.0225. The molecule has 0 radical (unpaired) electrons. The van der Waals surface area contributed by atoms with Crippen molar-refractivity contribution in [3.8, 4) is 0 Å². The Morgan fingerprint density at radius 2 is 1.93 bits per heavy atom. The Kier molecular flexibility index (Phi) is 4.93. The van der Waals surface area contributed by atoms with Crippen LogP contribution in [0.2, 0.25) is 0 Å². The van der Waals surface area contributed by atoms with Crippen molar-refractivity contribution in [2.24, 2.45) is 0 Å². The Bertz CT molecular complexity index is 833. The fraction of sp³-hybridized carbons (Fsp3) is 0.476. The molecule has 27 heavy (non-hydrogen) atoms. The molecular weight excluding hydrogens is 342 g/mol. The fourth-order valence-electron chi connectivity index (χ4n) is 3.90. The average molecular weight is 367 g/mol. The monoisotopic (exact) mass is 367 g/mol. The van der Waals surface area contributed by atoms with Crippen molar-refractivity contribution < 1.29 is 14.3 Å². The van der Waals surface area contributed by atoms with Crippen molar-refractivity contribution in [2.75, 3.05) is 19.7 Å². The maximum Gasteiger partial charge on any atom is 0.255 e. The van der Waals surface area contributed by atoms with Crippen LogP contribution in [0.15, 0.2) is 36.9 Å². The van der Waals surface area contributed by atoms with Gasteiger partial charge in [-0.3, -0.25) is 14.8 Å². The third kappa shape index (κ3) is 4.01. The van der Waals surface area contributed by atoms with Gasteiger partial charge < -0.3 is 14.4 Å². The first kappa shape index (κ1) is 18.1. The SMILES string of the molecule is Cc1cncc(COC2CCOC3(C2)CN(C(=O)c2cncc(C)c2)C3)c1. The van der Waals surface area contributed by atoms with E-state index in [-0.39, 0.29) is 17.6 Å². The number of pyridine rings is 2. The number of amides is 1. The molecule has 6 nitrogen and oxygen atoms in total. The summed E-state index contributed by atoms with van der Waals surface area (Å²) in [6, 6.07) is 3.98. The molecule has 2 aromatic rings. The number of likely N-dealkylation sites (tertiary alicyclic amines) is 1. The van der Waals surface area contributed by atoms with Gasteiger partial charge in [0.1, 0.15) is 5.60 Å². The van der Waals surface area contributed by atoms with Gasteiger partial charge in [-0.2, -0.15) is 0 Å². The lowest BCUT2D eigenvalue weighted by molar-refractivity contribution is -0.188. The van der Waals surface area contributed by atoms with Gasteiger partial charge in [0.25, 0.3) is 5.91 Å². The van der Waals surface area contributed by atoms with Crippen LogP contribution in [0.1, 0.15) is 39.9 Å². The Balaban J connectivity index is 1.32. The number of aromatic nitrogens is 2. The van der Waals surface area contributed by atoms with Crippen molar-refractivity contribution in [2.45, 2.75) is 45.0 Å². The average Bonchev–Trinajstić information content (AvgIpc) is 2.64. The summed E-state index contributed by atoms with van der Waals surface area (Å²) in [6.07, 6.45) is 8.93. The lowest BCUT2D eigenvalue weighted by Gasteiger charge is -2.53. The van der Waals surface area contributed by atoms with Crippen LogP contribution in [0.25, 0.3) is 0 Å². The van der Waals surface area contributed by atoms with Crippen LogP contribution in [0.5, 0.6) is 0 Å². The van der Waals surface area contributed by atoms with Gasteiger partial charge >= 0.3 is 0 Å². The van der Waals surface area contributed by atoms with Gasteiger partial charge in [-0.25, -0.2) is 0 Å². The van der Waals surface area contributed by atoms with Crippen LogP contribution in [-0.2, 0) is 16.1 Å². The molecule has 142 valence electrons. The third-order valence-electron chi connectivity index (χ3n) is 5.23. The summed E-state index contributed by atoms with van der Waals surface area (Å²) in [4.78, 5) is 22.8. The second-order valence-corrected chi connectivity index (χ2v) is 7.74. The van der Waals surface area contributed by atoms with Crippen LogP contribution in [0.4, 0.5) is 0 Å². The Labute approximate surface area is 159 Å². The lowest BCUT2D eigenvalue weighted by atomic mass is 9.84. The summed E-state index contributed by atoms with van der Waals surface area (Å²) >= 11 is 0. The van der Waals surface area contributed by atoms with Gasteiger partial charge in [0.2, 0.25) is 0 Å². The summed E-state index contributed by atoms with van der Waals surface area (Å²) in [5.41, 5.74) is 3.59. The van der Waals surface area contributed by atoms with Crippen molar-refractivity contribution >= 4 is 5.91 Å². The number of rotatable bonds is 4. The molecule has 2 fully saturated rings. The van der Waals surface area contributed by atoms with E-state index in [4.69, 9.17) is 9.47 Å². The van der Waals surface area contributed by atoms with Gasteiger partial charge in [-0.1, -0.05) is 6.07 Å². The zero-order chi connectivity index (χ0) is 18.9. The molecule has 0 N–H and O–H groups in total. The van der Waals surface area contributed by atoms with Crippen LogP contribution < -0.4 is 0 Å². The lowest BCUT2D eigenvalue weighted by Crippen LogP contribution is -2.67. The van der Waals surface area contributed by atoms with Crippen molar-refractivity contribution in [1.82, 2.24) is 14.9 Å². The first-order chi connectivity index (χ1) is 13.0. The van der Waals surface area contributed by atoms with Crippen molar-refractivity contribution in [3.05, 3.63) is 59.2 Å². The molecule has 4 rings (SSSR count). The molecule has 1 atom stereocenters. The summed E-state index contributed by atoms with van der Waals surface area (Å²) in [7, 11) is 0. The third-order valence-corrected chi connectivity index (χ3v) is 5.23. The zero-order valence-corrected chi connectivity index (χ0v) is 15.9.